The molecule has 3 rings (SSSR count). The Morgan fingerprint density at radius 1 is 1.09 bits per heavy atom. The van der Waals surface area contributed by atoms with Gasteiger partial charge in [-0.2, -0.15) is 0 Å². The predicted molar refractivity (Wildman–Crippen MR) is 89.7 cm³/mol. The van der Waals surface area contributed by atoms with Gasteiger partial charge < -0.3 is 14.4 Å². The monoisotopic (exact) mass is 311 g/mol. The molecule has 0 bridgehead atoms. The van der Waals surface area contributed by atoms with Crippen molar-refractivity contribution in [2.24, 2.45) is 0 Å². The normalized spacial score (nSPS) is 17.0. The quantitative estimate of drug-likeness (QED) is 0.822. The predicted octanol–water partition coefficient (Wildman–Crippen LogP) is 3.28. The SMILES string of the molecule is O=C(COc1ccccc1)N(CC1CCCO1)c1ccccc1. The first-order chi connectivity index (χ1) is 11.3. The van der Waals surface area contributed by atoms with E-state index in [1.165, 1.54) is 0 Å². The highest BCUT2D eigenvalue weighted by Gasteiger charge is 2.24. The van der Waals surface area contributed by atoms with Crippen LogP contribution in [0.15, 0.2) is 60.7 Å². The summed E-state index contributed by atoms with van der Waals surface area (Å²) in [6, 6.07) is 19.1. The third-order valence-electron chi connectivity index (χ3n) is 3.88. The Labute approximate surface area is 136 Å². The lowest BCUT2D eigenvalue weighted by Crippen LogP contribution is -2.40. The number of amides is 1. The molecule has 4 heteroatoms. The number of hydrogen-bond acceptors (Lipinski definition) is 3. The van der Waals surface area contributed by atoms with E-state index in [-0.39, 0.29) is 18.6 Å². The average Bonchev–Trinajstić information content (AvgIpc) is 3.12. The first-order valence-corrected chi connectivity index (χ1v) is 7.98. The summed E-state index contributed by atoms with van der Waals surface area (Å²) < 4.78 is 11.3. The van der Waals surface area contributed by atoms with Crippen LogP contribution < -0.4 is 9.64 Å². The summed E-state index contributed by atoms with van der Waals surface area (Å²) in [5, 5.41) is 0. The van der Waals surface area contributed by atoms with Crippen LogP contribution in [0.5, 0.6) is 5.75 Å². The fourth-order valence-corrected chi connectivity index (χ4v) is 2.69. The Morgan fingerprint density at radius 2 is 1.78 bits per heavy atom. The first-order valence-electron chi connectivity index (χ1n) is 7.98. The van der Waals surface area contributed by atoms with Crippen molar-refractivity contribution >= 4 is 11.6 Å². The Hall–Kier alpha value is -2.33. The van der Waals surface area contributed by atoms with Gasteiger partial charge in [-0.1, -0.05) is 36.4 Å². The fraction of sp³-hybridized carbons (Fsp3) is 0.316. The van der Waals surface area contributed by atoms with Crippen LogP contribution in [-0.2, 0) is 9.53 Å². The van der Waals surface area contributed by atoms with Crippen LogP contribution in [0.2, 0.25) is 0 Å². The first kappa shape index (κ1) is 15.6. The van der Waals surface area contributed by atoms with E-state index in [9.17, 15) is 4.79 Å². The summed E-state index contributed by atoms with van der Waals surface area (Å²) in [5.74, 6) is 0.640. The van der Waals surface area contributed by atoms with Gasteiger partial charge in [0.1, 0.15) is 5.75 Å². The van der Waals surface area contributed by atoms with Gasteiger partial charge in [-0.3, -0.25) is 4.79 Å². The summed E-state index contributed by atoms with van der Waals surface area (Å²) in [7, 11) is 0. The van der Waals surface area contributed by atoms with Crippen LogP contribution >= 0.6 is 0 Å². The largest absolute Gasteiger partial charge is 0.484 e. The molecule has 1 fully saturated rings. The van der Waals surface area contributed by atoms with E-state index >= 15 is 0 Å². The summed E-state index contributed by atoms with van der Waals surface area (Å²) >= 11 is 0. The van der Waals surface area contributed by atoms with E-state index in [4.69, 9.17) is 9.47 Å². The van der Waals surface area contributed by atoms with Gasteiger partial charge in [-0.05, 0) is 37.1 Å². The van der Waals surface area contributed by atoms with Gasteiger partial charge in [-0.25, -0.2) is 0 Å². The maximum Gasteiger partial charge on any atom is 0.264 e. The van der Waals surface area contributed by atoms with E-state index in [2.05, 4.69) is 0 Å². The number of ether oxygens (including phenoxy) is 2. The lowest BCUT2D eigenvalue weighted by molar-refractivity contribution is -0.120. The van der Waals surface area contributed by atoms with Crippen LogP contribution in [0.3, 0.4) is 0 Å². The van der Waals surface area contributed by atoms with Crippen molar-refractivity contribution in [3.05, 3.63) is 60.7 Å². The molecule has 0 N–H and O–H groups in total. The minimum absolute atomic E-state index is 0.0195. The molecule has 1 saturated heterocycles. The Morgan fingerprint density at radius 3 is 2.43 bits per heavy atom. The maximum absolute atomic E-state index is 12.7. The lowest BCUT2D eigenvalue weighted by atomic mass is 10.2. The van der Waals surface area contributed by atoms with Crippen molar-refractivity contribution in [3.63, 3.8) is 0 Å². The summed E-state index contributed by atoms with van der Waals surface area (Å²) in [4.78, 5) is 14.4. The molecule has 23 heavy (non-hydrogen) atoms. The number of carbonyl (C=O) groups is 1. The maximum atomic E-state index is 12.7. The molecule has 4 nitrogen and oxygen atoms in total. The minimum Gasteiger partial charge on any atom is -0.484 e. The number of hydrogen-bond donors (Lipinski definition) is 0. The zero-order valence-electron chi connectivity index (χ0n) is 13.1. The minimum atomic E-state index is -0.0597. The highest BCUT2D eigenvalue weighted by molar-refractivity contribution is 5.94. The molecule has 120 valence electrons. The van der Waals surface area contributed by atoms with Crippen molar-refractivity contribution in [3.8, 4) is 5.75 Å². The molecule has 1 amide bonds. The molecule has 1 aliphatic heterocycles. The van der Waals surface area contributed by atoms with Crippen LogP contribution in [0.25, 0.3) is 0 Å². The second kappa shape index (κ2) is 7.79. The second-order valence-corrected chi connectivity index (χ2v) is 5.58. The van der Waals surface area contributed by atoms with Crippen LogP contribution in [0, 0.1) is 0 Å². The Kier molecular flexibility index (Phi) is 5.27. The molecule has 1 unspecified atom stereocenters. The average molecular weight is 311 g/mol. The van der Waals surface area contributed by atoms with Crippen molar-refractivity contribution < 1.29 is 14.3 Å². The number of anilines is 1. The van der Waals surface area contributed by atoms with Gasteiger partial charge in [0.2, 0.25) is 0 Å². The molecule has 0 aliphatic carbocycles. The van der Waals surface area contributed by atoms with E-state index in [1.807, 2.05) is 60.7 Å². The van der Waals surface area contributed by atoms with E-state index in [0.717, 1.165) is 25.1 Å². The molecule has 0 spiro atoms. The Bertz CT molecular complexity index is 609. The van der Waals surface area contributed by atoms with Gasteiger partial charge in [0.25, 0.3) is 5.91 Å². The molecule has 1 aliphatic rings. The van der Waals surface area contributed by atoms with Gasteiger partial charge in [0.15, 0.2) is 6.61 Å². The van der Waals surface area contributed by atoms with Crippen LogP contribution in [0.4, 0.5) is 5.69 Å². The standard InChI is InChI=1S/C19H21NO3/c21-19(15-23-17-10-5-2-6-11-17)20(14-18-12-7-13-22-18)16-8-3-1-4-9-16/h1-6,8-11,18H,7,12-15H2. The molecule has 0 radical (unpaired) electrons. The highest BCUT2D eigenvalue weighted by Crippen LogP contribution is 2.19. The van der Waals surface area contributed by atoms with E-state index < -0.39 is 0 Å². The van der Waals surface area contributed by atoms with Crippen molar-refractivity contribution in [1.82, 2.24) is 0 Å². The summed E-state index contributed by atoms with van der Waals surface area (Å²) in [5.41, 5.74) is 0.879. The molecule has 1 atom stereocenters. The highest BCUT2D eigenvalue weighted by atomic mass is 16.5. The third kappa shape index (κ3) is 4.33. The number of carbonyl (C=O) groups excluding carboxylic acids is 1. The van der Waals surface area contributed by atoms with Crippen LogP contribution in [-0.4, -0.2) is 31.8 Å². The second-order valence-electron chi connectivity index (χ2n) is 5.58. The third-order valence-corrected chi connectivity index (χ3v) is 3.88. The van der Waals surface area contributed by atoms with Crippen molar-refractivity contribution in [2.45, 2.75) is 18.9 Å². The zero-order chi connectivity index (χ0) is 15.9. The summed E-state index contributed by atoms with van der Waals surface area (Å²) in [6.07, 6.45) is 2.16. The fourth-order valence-electron chi connectivity index (χ4n) is 2.69. The van der Waals surface area contributed by atoms with E-state index in [1.54, 1.807) is 4.90 Å². The molecule has 0 saturated carbocycles. The number of rotatable bonds is 6. The zero-order valence-corrected chi connectivity index (χ0v) is 13.1. The molecule has 2 aromatic rings. The summed E-state index contributed by atoms with van der Waals surface area (Å²) in [6.45, 7) is 1.37. The van der Waals surface area contributed by atoms with Gasteiger partial charge >= 0.3 is 0 Å². The molecule has 0 aromatic heterocycles. The van der Waals surface area contributed by atoms with Gasteiger partial charge in [0, 0.05) is 12.3 Å². The topological polar surface area (TPSA) is 38.8 Å². The van der Waals surface area contributed by atoms with Crippen molar-refractivity contribution in [1.29, 1.82) is 0 Å². The smallest absolute Gasteiger partial charge is 0.264 e. The van der Waals surface area contributed by atoms with Gasteiger partial charge in [-0.15, -0.1) is 0 Å². The molecule has 2 aromatic carbocycles. The molecular weight excluding hydrogens is 290 g/mol. The Balaban J connectivity index is 1.67. The van der Waals surface area contributed by atoms with E-state index in [0.29, 0.717) is 12.3 Å². The number of benzene rings is 2. The number of para-hydroxylation sites is 2. The number of nitrogens with zero attached hydrogens (tertiary/aromatic N) is 1. The van der Waals surface area contributed by atoms with Crippen molar-refractivity contribution in [2.75, 3.05) is 24.7 Å². The molecular formula is C19H21NO3. The van der Waals surface area contributed by atoms with Gasteiger partial charge in [0.05, 0.1) is 12.6 Å². The molecule has 1 heterocycles. The lowest BCUT2D eigenvalue weighted by Gasteiger charge is -2.25. The van der Waals surface area contributed by atoms with Crippen LogP contribution in [0.1, 0.15) is 12.8 Å².